The van der Waals surface area contributed by atoms with Crippen LogP contribution in [-0.2, 0) is 0 Å². The summed E-state index contributed by atoms with van der Waals surface area (Å²) in [6.07, 6.45) is -8.60. The first-order chi connectivity index (χ1) is 15.6. The number of alkyl halides is 17. The van der Waals surface area contributed by atoms with Gasteiger partial charge in [0.25, 0.3) is 0 Å². The van der Waals surface area contributed by atoms with Crippen molar-refractivity contribution < 1.29 is 79.7 Å². The second-order valence-electron chi connectivity index (χ2n) is 7.04. The smallest absolute Gasteiger partial charge is 0.366 e. The summed E-state index contributed by atoms with van der Waals surface area (Å²) >= 11 is 0.290. The Morgan fingerprint density at radius 3 is 1.53 bits per heavy atom. The van der Waals surface area contributed by atoms with Crippen molar-refractivity contribution in [1.82, 2.24) is 5.32 Å². The topological polar surface area (TPSA) is 44.6 Å². The predicted molar refractivity (Wildman–Crippen MR) is 88.3 cm³/mol. The van der Waals surface area contributed by atoms with Crippen molar-refractivity contribution in [1.29, 1.82) is 0 Å². The van der Waals surface area contributed by atoms with Crippen LogP contribution in [-0.4, -0.2) is 75.9 Å². The minimum atomic E-state index is -8.73. The van der Waals surface area contributed by atoms with Gasteiger partial charge in [0.2, 0.25) is 5.72 Å². The molecule has 2 N–H and O–H groups in total. The number of hydrogen-bond donors (Lipinski definition) is 2. The van der Waals surface area contributed by atoms with Gasteiger partial charge in [-0.3, -0.25) is 4.99 Å². The largest absolute Gasteiger partial charge is 0.460 e. The highest BCUT2D eigenvalue weighted by molar-refractivity contribution is 8.13. The van der Waals surface area contributed by atoms with Crippen LogP contribution in [0.15, 0.2) is 17.6 Å². The Morgan fingerprint density at radius 1 is 0.750 bits per heavy atom. The molecule has 0 aromatic carbocycles. The normalized spacial score (nSPS) is 21.7. The van der Waals surface area contributed by atoms with E-state index in [9.17, 15) is 79.7 Å². The summed E-state index contributed by atoms with van der Waals surface area (Å²) in [5, 5.41) is 9.92. The first-order valence-electron chi connectivity index (χ1n) is 8.64. The fourth-order valence-electron chi connectivity index (χ4n) is 2.48. The number of thioether (sulfide) groups is 1. The van der Waals surface area contributed by atoms with Crippen molar-refractivity contribution in [2.75, 3.05) is 12.3 Å². The van der Waals surface area contributed by atoms with E-state index in [2.05, 4.69) is 11.6 Å². The van der Waals surface area contributed by atoms with E-state index in [1.165, 1.54) is 0 Å². The number of rotatable bonds is 9. The molecule has 3 nitrogen and oxygen atoms in total. The molecule has 0 saturated carbocycles. The van der Waals surface area contributed by atoms with E-state index in [1.807, 2.05) is 0 Å². The standard InChI is InChI=1S/C15H11F17N2OS/c1-2-5-36-6-33-4-3-7(35,34-6)8(16,17)9(18,19)10(20,21)11(22,23)12(24,25)13(26,27)14(28,29)15(30,31)32/h2,35H,1,3-5H2,(H,33,34). The lowest BCUT2D eigenvalue weighted by molar-refractivity contribution is -0.467. The van der Waals surface area contributed by atoms with Gasteiger partial charge in [0.05, 0.1) is 0 Å². The summed E-state index contributed by atoms with van der Waals surface area (Å²) in [6.45, 7) is 2.02. The molecule has 212 valence electrons. The van der Waals surface area contributed by atoms with Crippen LogP contribution in [0.2, 0.25) is 0 Å². The third kappa shape index (κ3) is 4.26. The Labute approximate surface area is 192 Å². The molecule has 1 aliphatic rings. The monoisotopic (exact) mass is 590 g/mol. The van der Waals surface area contributed by atoms with E-state index in [-0.39, 0.29) is 17.5 Å². The zero-order valence-corrected chi connectivity index (χ0v) is 17.5. The minimum absolute atomic E-state index is 0.271. The van der Waals surface area contributed by atoms with E-state index in [1.54, 1.807) is 0 Å². The van der Waals surface area contributed by atoms with Gasteiger partial charge in [-0.05, 0) is 0 Å². The van der Waals surface area contributed by atoms with Gasteiger partial charge in [-0.1, -0.05) is 17.8 Å². The second kappa shape index (κ2) is 8.97. The summed E-state index contributed by atoms with van der Waals surface area (Å²) in [5.41, 5.74) is -4.71. The molecule has 1 heterocycles. The van der Waals surface area contributed by atoms with Gasteiger partial charge in [0.15, 0.2) is 5.17 Å². The molecule has 0 fully saturated rings. The molecular weight excluding hydrogens is 579 g/mol. The van der Waals surface area contributed by atoms with Crippen molar-refractivity contribution in [3.63, 3.8) is 0 Å². The third-order valence-corrected chi connectivity index (χ3v) is 5.53. The highest BCUT2D eigenvalue weighted by Crippen LogP contribution is 2.64. The SMILES string of the molecule is C=CCSC1=NCCC(O)(C(F)(F)C(F)(F)C(F)(F)C(F)(F)C(F)(F)C(F)(F)C(F)(F)C(F)(F)F)N1. The lowest BCUT2D eigenvalue weighted by atomic mass is 9.85. The fraction of sp³-hybridized carbons (Fsp3) is 0.800. The average Bonchev–Trinajstić information content (AvgIpc) is 2.70. The molecule has 0 radical (unpaired) electrons. The van der Waals surface area contributed by atoms with E-state index < -0.39 is 71.5 Å². The molecule has 1 rings (SSSR count). The number of hydrogen-bond acceptors (Lipinski definition) is 4. The van der Waals surface area contributed by atoms with Crippen LogP contribution in [0.4, 0.5) is 74.6 Å². The van der Waals surface area contributed by atoms with Gasteiger partial charge in [0.1, 0.15) is 0 Å². The summed E-state index contributed by atoms with van der Waals surface area (Å²) in [4.78, 5) is 3.33. The highest BCUT2D eigenvalue weighted by Gasteiger charge is 2.96. The fourth-order valence-corrected chi connectivity index (χ4v) is 3.18. The second-order valence-corrected chi connectivity index (χ2v) is 8.05. The Balaban J connectivity index is 3.63. The molecule has 0 bridgehead atoms. The van der Waals surface area contributed by atoms with E-state index >= 15 is 0 Å². The Hall–Kier alpha value is -1.67. The summed E-state index contributed by atoms with van der Waals surface area (Å²) in [6, 6.07) is 0. The minimum Gasteiger partial charge on any atom is -0.366 e. The number of halogens is 17. The molecule has 36 heavy (non-hydrogen) atoms. The van der Waals surface area contributed by atoms with Crippen LogP contribution < -0.4 is 5.32 Å². The summed E-state index contributed by atoms with van der Waals surface area (Å²) in [5.74, 6) is -58.0. The zero-order chi connectivity index (χ0) is 29.0. The molecule has 1 unspecified atom stereocenters. The average molecular weight is 590 g/mol. The molecule has 0 aliphatic carbocycles. The van der Waals surface area contributed by atoms with E-state index in [0.29, 0.717) is 0 Å². The van der Waals surface area contributed by atoms with Crippen LogP contribution in [0.3, 0.4) is 0 Å². The molecule has 0 aromatic rings. The van der Waals surface area contributed by atoms with Crippen molar-refractivity contribution in [3.05, 3.63) is 12.7 Å². The molecule has 1 atom stereocenters. The Kier molecular flexibility index (Phi) is 8.06. The first-order valence-corrected chi connectivity index (χ1v) is 9.62. The van der Waals surface area contributed by atoms with Gasteiger partial charge in [-0.25, -0.2) is 0 Å². The van der Waals surface area contributed by atoms with Crippen molar-refractivity contribution in [2.45, 2.75) is 59.8 Å². The van der Waals surface area contributed by atoms with Gasteiger partial charge in [0, 0.05) is 18.7 Å². The van der Waals surface area contributed by atoms with Gasteiger partial charge >= 0.3 is 47.6 Å². The van der Waals surface area contributed by atoms with Crippen molar-refractivity contribution in [3.8, 4) is 0 Å². The van der Waals surface area contributed by atoms with Gasteiger partial charge < -0.3 is 10.4 Å². The number of aliphatic hydroxyl groups is 1. The Morgan fingerprint density at radius 2 is 1.14 bits per heavy atom. The number of nitrogens with one attached hydrogen (secondary N) is 1. The molecule has 0 spiro atoms. The van der Waals surface area contributed by atoms with Crippen LogP contribution in [0.25, 0.3) is 0 Å². The Bertz CT molecular complexity index is 869. The van der Waals surface area contributed by atoms with Gasteiger partial charge in [-0.2, -0.15) is 74.6 Å². The van der Waals surface area contributed by atoms with Crippen LogP contribution in [0.5, 0.6) is 0 Å². The lowest BCUT2D eigenvalue weighted by Crippen LogP contribution is -2.78. The van der Waals surface area contributed by atoms with E-state index in [4.69, 9.17) is 0 Å². The molecule has 0 aromatic heterocycles. The number of nitrogens with zero attached hydrogens (tertiary/aromatic N) is 1. The maximum Gasteiger partial charge on any atom is 0.460 e. The predicted octanol–water partition coefficient (Wildman–Crippen LogP) is 5.95. The van der Waals surface area contributed by atoms with E-state index in [0.717, 1.165) is 11.4 Å². The van der Waals surface area contributed by atoms with Crippen LogP contribution >= 0.6 is 11.8 Å². The number of amidine groups is 1. The molecule has 0 amide bonds. The molecule has 21 heteroatoms. The summed E-state index contributed by atoms with van der Waals surface area (Å²) in [7, 11) is 0. The zero-order valence-electron chi connectivity index (χ0n) is 16.6. The number of aliphatic imine (C=N–C) groups is 1. The van der Waals surface area contributed by atoms with Crippen molar-refractivity contribution in [2.24, 2.45) is 4.99 Å². The molecule has 0 saturated heterocycles. The molecule has 1 aliphatic heterocycles. The lowest BCUT2D eigenvalue weighted by Gasteiger charge is -2.46. The summed E-state index contributed by atoms with van der Waals surface area (Å²) < 4.78 is 227. The van der Waals surface area contributed by atoms with Crippen LogP contribution in [0, 0.1) is 0 Å². The van der Waals surface area contributed by atoms with Crippen molar-refractivity contribution >= 4 is 16.9 Å². The van der Waals surface area contributed by atoms with Crippen LogP contribution in [0.1, 0.15) is 6.42 Å². The third-order valence-electron chi connectivity index (χ3n) is 4.62. The maximum absolute atomic E-state index is 14.4. The first kappa shape index (κ1) is 32.4. The molecular formula is C15H11F17N2OS. The highest BCUT2D eigenvalue weighted by atomic mass is 32.2. The maximum atomic E-state index is 14.4. The van der Waals surface area contributed by atoms with Gasteiger partial charge in [-0.15, -0.1) is 6.58 Å². The quantitative estimate of drug-likeness (QED) is 0.258.